The van der Waals surface area contributed by atoms with Gasteiger partial charge in [0, 0.05) is 11.8 Å². The molecule has 0 saturated carbocycles. The number of aromatic nitrogens is 3. The van der Waals surface area contributed by atoms with Gasteiger partial charge in [-0.3, -0.25) is 10.6 Å². The van der Waals surface area contributed by atoms with Gasteiger partial charge in [-0.2, -0.15) is 13.2 Å². The average molecular weight is 404 g/mol. The van der Waals surface area contributed by atoms with Gasteiger partial charge >= 0.3 is 6.18 Å². The van der Waals surface area contributed by atoms with Crippen molar-refractivity contribution >= 4 is 34.3 Å². The average Bonchev–Trinajstić information content (AvgIpc) is 3.05. The van der Waals surface area contributed by atoms with Crippen molar-refractivity contribution < 1.29 is 27.9 Å². The second-order valence-electron chi connectivity index (χ2n) is 5.38. The van der Waals surface area contributed by atoms with Gasteiger partial charge in [0.15, 0.2) is 11.5 Å². The predicted octanol–water partition coefficient (Wildman–Crippen LogP) is 3.57. The quantitative estimate of drug-likeness (QED) is 0.231. The molecule has 3 aromatic rings. The number of aliphatic hydroxyl groups is 1. The maximum Gasteiger partial charge on any atom is 0.421 e. The number of rotatable bonds is 3. The summed E-state index contributed by atoms with van der Waals surface area (Å²) in [6, 6.07) is 4.45. The molecule has 1 aromatic carbocycles. The Balaban J connectivity index is 2.01. The second kappa shape index (κ2) is 6.76. The first-order valence-electron chi connectivity index (χ1n) is 7.22. The number of alkyl halides is 3. The van der Waals surface area contributed by atoms with E-state index in [1.807, 2.05) is 0 Å². The van der Waals surface area contributed by atoms with Gasteiger partial charge in [-0.1, -0.05) is 11.6 Å². The lowest BCUT2D eigenvalue weighted by Gasteiger charge is -2.18. The minimum absolute atomic E-state index is 0.0496. The fourth-order valence-electron chi connectivity index (χ4n) is 2.27. The van der Waals surface area contributed by atoms with Gasteiger partial charge in [0.05, 0.1) is 16.2 Å². The van der Waals surface area contributed by atoms with Crippen LogP contribution < -0.4 is 5.06 Å². The van der Waals surface area contributed by atoms with Gasteiger partial charge in [-0.15, -0.1) is 0 Å². The van der Waals surface area contributed by atoms with E-state index in [1.165, 1.54) is 12.3 Å². The summed E-state index contributed by atoms with van der Waals surface area (Å²) in [6.45, 7) is 0. The molecule has 27 heavy (non-hydrogen) atoms. The van der Waals surface area contributed by atoms with Gasteiger partial charge in [-0.05, 0) is 24.3 Å². The number of H-pyrrole nitrogens is 1. The minimum atomic E-state index is -4.95. The summed E-state index contributed by atoms with van der Waals surface area (Å²) >= 11 is 5.64. The van der Waals surface area contributed by atoms with E-state index in [9.17, 15) is 27.9 Å². The number of halogens is 5. The van der Waals surface area contributed by atoms with Crippen LogP contribution in [0, 0.1) is 11.2 Å². The van der Waals surface area contributed by atoms with Gasteiger partial charge in [0.2, 0.25) is 6.10 Å². The van der Waals surface area contributed by atoms with Gasteiger partial charge < -0.3 is 10.1 Å². The number of anilines is 1. The van der Waals surface area contributed by atoms with E-state index in [-0.39, 0.29) is 27.4 Å². The zero-order valence-electron chi connectivity index (χ0n) is 13.1. The molecule has 7 nitrogen and oxygen atoms in total. The van der Waals surface area contributed by atoms with Crippen LogP contribution in [0.4, 0.5) is 23.2 Å². The third-order valence-corrected chi connectivity index (χ3v) is 3.88. The van der Waals surface area contributed by atoms with Gasteiger partial charge in [0.25, 0.3) is 0 Å². The van der Waals surface area contributed by atoms with E-state index >= 15 is 0 Å². The van der Waals surface area contributed by atoms with Crippen LogP contribution >= 0.6 is 11.6 Å². The van der Waals surface area contributed by atoms with Crippen molar-refractivity contribution in [1.82, 2.24) is 15.0 Å². The highest BCUT2D eigenvalue weighted by atomic mass is 35.5. The number of hydroxylamine groups is 1. The number of hydrogen-bond donors (Lipinski definition) is 4. The lowest BCUT2D eigenvalue weighted by molar-refractivity contribution is -0.208. The second-order valence-corrected chi connectivity index (χ2v) is 5.79. The summed E-state index contributed by atoms with van der Waals surface area (Å²) < 4.78 is 51.3. The fourth-order valence-corrected chi connectivity index (χ4v) is 2.45. The molecule has 3 rings (SSSR count). The summed E-state index contributed by atoms with van der Waals surface area (Å²) in [7, 11) is 0. The fraction of sp³-hybridized carbons (Fsp3) is 0.133. The van der Waals surface area contributed by atoms with Crippen LogP contribution in [0.1, 0.15) is 17.5 Å². The number of benzene rings is 1. The highest BCUT2D eigenvalue weighted by Crippen LogP contribution is 2.32. The maximum absolute atomic E-state index is 13.2. The molecule has 0 fully saturated rings. The van der Waals surface area contributed by atoms with Gasteiger partial charge in [-0.25, -0.2) is 19.4 Å². The Morgan fingerprint density at radius 1 is 1.30 bits per heavy atom. The monoisotopic (exact) mass is 403 g/mol. The Hall–Kier alpha value is -2.76. The highest BCUT2D eigenvalue weighted by Gasteiger charge is 2.41. The van der Waals surface area contributed by atoms with Crippen LogP contribution in [-0.4, -0.2) is 37.3 Å². The molecule has 1 atom stereocenters. The van der Waals surface area contributed by atoms with E-state index in [4.69, 9.17) is 17.0 Å². The Kier molecular flexibility index (Phi) is 4.76. The first-order valence-corrected chi connectivity index (χ1v) is 7.59. The molecular weight excluding hydrogens is 394 g/mol. The number of aromatic amines is 1. The van der Waals surface area contributed by atoms with Crippen LogP contribution in [0.3, 0.4) is 0 Å². The summed E-state index contributed by atoms with van der Waals surface area (Å²) in [6.07, 6.45) is -6.65. The van der Waals surface area contributed by atoms with Crippen molar-refractivity contribution in [3.8, 4) is 0 Å². The summed E-state index contributed by atoms with van der Waals surface area (Å²) in [5.74, 6) is -2.10. The molecule has 0 aliphatic rings. The Morgan fingerprint density at radius 3 is 2.63 bits per heavy atom. The van der Waals surface area contributed by atoms with Crippen molar-refractivity contribution in [2.45, 2.75) is 12.3 Å². The smallest absolute Gasteiger partial charge is 0.377 e. The molecule has 0 bridgehead atoms. The van der Waals surface area contributed by atoms with E-state index < -0.39 is 29.8 Å². The number of imidazole rings is 1. The van der Waals surface area contributed by atoms with E-state index in [0.29, 0.717) is 5.06 Å². The highest BCUT2D eigenvalue weighted by molar-refractivity contribution is 6.31. The molecule has 4 N–H and O–H groups in total. The van der Waals surface area contributed by atoms with E-state index in [2.05, 4.69) is 15.0 Å². The van der Waals surface area contributed by atoms with Gasteiger partial charge in [0.1, 0.15) is 11.6 Å². The molecule has 2 aromatic heterocycles. The lowest BCUT2D eigenvalue weighted by atomic mass is 10.2. The van der Waals surface area contributed by atoms with Crippen molar-refractivity contribution in [1.29, 1.82) is 5.41 Å². The number of pyridine rings is 1. The Bertz CT molecular complexity index is 1020. The molecule has 0 spiro atoms. The third-order valence-electron chi connectivity index (χ3n) is 3.59. The molecular formula is C15H10ClF4N5O2. The first kappa shape index (κ1) is 19.0. The lowest BCUT2D eigenvalue weighted by Crippen LogP contribution is -2.27. The summed E-state index contributed by atoms with van der Waals surface area (Å²) in [5.41, 5.74) is -0.406. The molecule has 2 heterocycles. The van der Waals surface area contributed by atoms with Crippen molar-refractivity contribution in [3.63, 3.8) is 0 Å². The normalized spacial score (nSPS) is 13.0. The number of fused-ring (bicyclic) bond motifs is 1. The summed E-state index contributed by atoms with van der Waals surface area (Å²) in [4.78, 5) is 9.62. The number of amidine groups is 1. The molecule has 1 unspecified atom stereocenters. The standard InChI is InChI=1S/C15H10ClF4N5O2/c16-8-5-6(1-2-9(8)17)25(27)12(21)7-3-4-22-13-10(7)23-14(24-13)11(26)15(18,19)20/h1-5,11,21,26-27H,(H,22,23,24). The Labute approximate surface area is 153 Å². The van der Waals surface area contributed by atoms with Crippen LogP contribution in [0.15, 0.2) is 30.5 Å². The Morgan fingerprint density at radius 2 is 2.00 bits per heavy atom. The largest absolute Gasteiger partial charge is 0.421 e. The topological polar surface area (TPSA) is 109 Å². The molecule has 0 saturated heterocycles. The third kappa shape index (κ3) is 3.56. The van der Waals surface area contributed by atoms with E-state index in [1.54, 1.807) is 0 Å². The minimum Gasteiger partial charge on any atom is -0.377 e. The molecule has 0 aliphatic carbocycles. The molecule has 0 radical (unpaired) electrons. The SMILES string of the molecule is N=C(c1ccnc2nc(C(O)C(F)(F)F)[nH]c12)N(O)c1ccc(F)c(Cl)c1. The van der Waals surface area contributed by atoms with Crippen LogP contribution in [0.25, 0.3) is 11.2 Å². The van der Waals surface area contributed by atoms with Crippen molar-refractivity contribution in [2.75, 3.05) is 5.06 Å². The van der Waals surface area contributed by atoms with Crippen LogP contribution in [-0.2, 0) is 0 Å². The number of aliphatic hydroxyl groups excluding tert-OH is 1. The molecule has 0 amide bonds. The van der Waals surface area contributed by atoms with E-state index in [0.717, 1.165) is 18.2 Å². The van der Waals surface area contributed by atoms with Crippen LogP contribution in [0.5, 0.6) is 0 Å². The maximum atomic E-state index is 13.2. The zero-order valence-corrected chi connectivity index (χ0v) is 13.8. The van der Waals surface area contributed by atoms with Crippen molar-refractivity contribution in [2.24, 2.45) is 0 Å². The van der Waals surface area contributed by atoms with Crippen LogP contribution in [0.2, 0.25) is 5.02 Å². The number of hydrogen-bond acceptors (Lipinski definition) is 5. The first-order chi connectivity index (χ1) is 12.6. The number of nitrogens with one attached hydrogen (secondary N) is 2. The predicted molar refractivity (Wildman–Crippen MR) is 87.4 cm³/mol. The molecule has 0 aliphatic heterocycles. The summed E-state index contributed by atoms with van der Waals surface area (Å²) in [5, 5.41) is 27.7. The van der Waals surface area contributed by atoms with Crippen molar-refractivity contribution in [3.05, 3.63) is 52.7 Å². The number of nitrogens with zero attached hydrogens (tertiary/aromatic N) is 3. The zero-order chi connectivity index (χ0) is 19.9. The molecule has 142 valence electrons. The molecule has 12 heteroatoms.